The van der Waals surface area contributed by atoms with Gasteiger partial charge in [0.05, 0.1) is 13.0 Å². The summed E-state index contributed by atoms with van der Waals surface area (Å²) in [5.74, 6) is -0.0574. The highest BCUT2D eigenvalue weighted by Crippen LogP contribution is 2.16. The predicted octanol–water partition coefficient (Wildman–Crippen LogP) is 9.45. The van der Waals surface area contributed by atoms with Crippen LogP contribution in [0.5, 0.6) is 0 Å². The monoisotopic (exact) mass is 442 g/mol. The van der Waals surface area contributed by atoms with Crippen molar-refractivity contribution in [2.24, 2.45) is 0 Å². The Bertz CT molecular complexity index is 346. The molecule has 0 aromatic heterocycles. The lowest BCUT2D eigenvalue weighted by Gasteiger charge is -2.10. The molecule has 1 unspecified atom stereocenters. The van der Waals surface area contributed by atoms with E-state index < -0.39 is 0 Å². The first-order valence-corrected chi connectivity index (χ1v) is 14.1. The third kappa shape index (κ3) is 24.1. The lowest BCUT2D eigenvalue weighted by atomic mass is 10.0. The van der Waals surface area contributed by atoms with Gasteiger partial charge in [-0.15, -0.1) is 0 Å². The number of esters is 1. The lowest BCUT2D eigenvalue weighted by Crippen LogP contribution is -2.12. The van der Waals surface area contributed by atoms with Crippen molar-refractivity contribution in [3.05, 3.63) is 0 Å². The molecule has 0 aliphatic carbocycles. The van der Waals surface area contributed by atoms with E-state index in [1.54, 1.807) is 0 Å². The molecule has 0 saturated carbocycles. The van der Waals surface area contributed by atoms with E-state index in [1.807, 2.05) is 0 Å². The minimum Gasteiger partial charge on any atom is -0.466 e. The Kier molecular flexibility index (Phi) is 24.9. The van der Waals surface area contributed by atoms with Crippen molar-refractivity contribution >= 4 is 18.6 Å². The number of hydrogen-bond donors (Lipinski definition) is 1. The molecule has 0 spiro atoms. The summed E-state index contributed by atoms with van der Waals surface area (Å²) >= 11 is 4.59. The highest BCUT2D eigenvalue weighted by Gasteiger charge is 2.10. The molecule has 0 aromatic rings. The number of thiol groups is 1. The van der Waals surface area contributed by atoms with Crippen molar-refractivity contribution in [2.45, 2.75) is 160 Å². The highest BCUT2D eigenvalue weighted by atomic mass is 32.1. The quantitative estimate of drug-likeness (QED) is 0.0914. The van der Waals surface area contributed by atoms with Crippen LogP contribution in [0, 0.1) is 0 Å². The van der Waals surface area contributed by atoms with Crippen LogP contribution in [0.1, 0.15) is 155 Å². The van der Waals surface area contributed by atoms with Gasteiger partial charge in [0.15, 0.2) is 0 Å². The molecule has 0 N–H and O–H groups in total. The summed E-state index contributed by atoms with van der Waals surface area (Å²) in [5.41, 5.74) is 0. The average Bonchev–Trinajstić information content (AvgIpc) is 2.73. The van der Waals surface area contributed by atoms with E-state index in [0.717, 1.165) is 12.8 Å². The second-order valence-corrected chi connectivity index (χ2v) is 9.96. The predicted molar refractivity (Wildman–Crippen MR) is 137 cm³/mol. The van der Waals surface area contributed by atoms with Gasteiger partial charge in [-0.3, -0.25) is 4.79 Å². The fourth-order valence-corrected chi connectivity index (χ4v) is 4.33. The van der Waals surface area contributed by atoms with Crippen molar-refractivity contribution in [3.8, 4) is 0 Å². The molecule has 0 aliphatic heterocycles. The molecular weight excluding hydrogens is 388 g/mol. The Hall–Kier alpha value is -0.180. The molecule has 0 aliphatic rings. The Morgan fingerprint density at radius 3 is 1.40 bits per heavy atom. The summed E-state index contributed by atoms with van der Waals surface area (Å²) in [5, 5.41) is 0.166. The summed E-state index contributed by atoms with van der Waals surface area (Å²) in [4.78, 5) is 11.9. The van der Waals surface area contributed by atoms with Gasteiger partial charge in [-0.2, -0.15) is 12.6 Å². The maximum Gasteiger partial charge on any atom is 0.306 e. The minimum absolute atomic E-state index is 0.0574. The molecule has 2 nitrogen and oxygen atoms in total. The molecule has 0 aromatic carbocycles. The van der Waals surface area contributed by atoms with Crippen molar-refractivity contribution in [1.82, 2.24) is 0 Å². The van der Waals surface area contributed by atoms with Gasteiger partial charge in [-0.05, 0) is 12.8 Å². The topological polar surface area (TPSA) is 26.3 Å². The molecule has 0 saturated heterocycles. The number of hydrogen-bond acceptors (Lipinski definition) is 3. The summed E-state index contributed by atoms with van der Waals surface area (Å²) in [7, 11) is 0. The Balaban J connectivity index is 3.30. The van der Waals surface area contributed by atoms with Crippen LogP contribution in [-0.4, -0.2) is 17.8 Å². The Labute approximate surface area is 195 Å². The van der Waals surface area contributed by atoms with Crippen LogP contribution in [0.25, 0.3) is 0 Å². The van der Waals surface area contributed by atoms with E-state index in [0.29, 0.717) is 13.0 Å². The van der Waals surface area contributed by atoms with Gasteiger partial charge in [0.2, 0.25) is 0 Å². The largest absolute Gasteiger partial charge is 0.466 e. The van der Waals surface area contributed by atoms with Gasteiger partial charge in [0.25, 0.3) is 0 Å². The van der Waals surface area contributed by atoms with Gasteiger partial charge in [-0.1, -0.05) is 136 Å². The van der Waals surface area contributed by atoms with E-state index in [4.69, 9.17) is 4.74 Å². The maximum atomic E-state index is 11.9. The second kappa shape index (κ2) is 25.1. The summed E-state index contributed by atoms with van der Waals surface area (Å²) in [6, 6.07) is 0. The van der Waals surface area contributed by atoms with Gasteiger partial charge in [0.1, 0.15) is 0 Å². The molecule has 0 radical (unpaired) electrons. The first kappa shape index (κ1) is 29.8. The SMILES string of the molecule is CCCCCCCCCCCCOC(=O)CC(S)CCCCCCCCCCCC. The standard InChI is InChI=1S/C27H54O2S/c1-3-5-7-9-11-13-15-17-19-21-23-26(30)25-27(28)29-24-22-20-18-16-14-12-10-8-6-4-2/h26,30H,3-25H2,1-2H3. The summed E-state index contributed by atoms with van der Waals surface area (Å²) in [6.07, 6.45) is 28.1. The number of ether oxygens (including phenoxy) is 1. The Morgan fingerprint density at radius 2 is 0.967 bits per heavy atom. The molecule has 0 heterocycles. The third-order valence-electron chi connectivity index (χ3n) is 6.05. The van der Waals surface area contributed by atoms with Crippen LogP contribution >= 0.6 is 12.6 Å². The first-order valence-electron chi connectivity index (χ1n) is 13.5. The normalized spacial score (nSPS) is 12.2. The zero-order valence-electron chi connectivity index (χ0n) is 20.6. The van der Waals surface area contributed by atoms with Crippen LogP contribution in [0.4, 0.5) is 0 Å². The van der Waals surface area contributed by atoms with E-state index in [-0.39, 0.29) is 11.2 Å². The zero-order valence-corrected chi connectivity index (χ0v) is 21.5. The third-order valence-corrected chi connectivity index (χ3v) is 6.49. The smallest absolute Gasteiger partial charge is 0.306 e. The van der Waals surface area contributed by atoms with Crippen LogP contribution in [-0.2, 0) is 9.53 Å². The summed E-state index contributed by atoms with van der Waals surface area (Å²) < 4.78 is 5.40. The van der Waals surface area contributed by atoms with Crippen molar-refractivity contribution < 1.29 is 9.53 Å². The van der Waals surface area contributed by atoms with Crippen molar-refractivity contribution in [3.63, 3.8) is 0 Å². The molecule has 3 heteroatoms. The van der Waals surface area contributed by atoms with Crippen LogP contribution < -0.4 is 0 Å². The average molecular weight is 443 g/mol. The molecule has 0 amide bonds. The van der Waals surface area contributed by atoms with Gasteiger partial charge < -0.3 is 4.74 Å². The van der Waals surface area contributed by atoms with Crippen molar-refractivity contribution in [2.75, 3.05) is 6.61 Å². The van der Waals surface area contributed by atoms with Gasteiger partial charge >= 0.3 is 5.97 Å². The molecule has 0 fully saturated rings. The number of carbonyl (C=O) groups excluding carboxylic acids is 1. The summed E-state index contributed by atoms with van der Waals surface area (Å²) in [6.45, 7) is 5.13. The first-order chi connectivity index (χ1) is 14.7. The maximum absolute atomic E-state index is 11.9. The van der Waals surface area contributed by atoms with Gasteiger partial charge in [0, 0.05) is 5.25 Å². The number of carbonyl (C=O) groups is 1. The van der Waals surface area contributed by atoms with E-state index >= 15 is 0 Å². The van der Waals surface area contributed by atoms with Crippen LogP contribution in [0.2, 0.25) is 0 Å². The van der Waals surface area contributed by atoms with Crippen molar-refractivity contribution in [1.29, 1.82) is 0 Å². The van der Waals surface area contributed by atoms with Gasteiger partial charge in [-0.25, -0.2) is 0 Å². The molecule has 30 heavy (non-hydrogen) atoms. The van der Waals surface area contributed by atoms with E-state index in [1.165, 1.54) is 122 Å². The molecule has 0 bridgehead atoms. The zero-order chi connectivity index (χ0) is 22.1. The molecule has 0 rings (SSSR count). The van der Waals surface area contributed by atoms with E-state index in [2.05, 4.69) is 26.5 Å². The fourth-order valence-electron chi connectivity index (χ4n) is 4.00. The number of unbranched alkanes of at least 4 members (excludes halogenated alkanes) is 18. The van der Waals surface area contributed by atoms with E-state index in [9.17, 15) is 4.79 Å². The highest BCUT2D eigenvalue weighted by molar-refractivity contribution is 7.81. The lowest BCUT2D eigenvalue weighted by molar-refractivity contribution is -0.143. The van der Waals surface area contributed by atoms with Crippen LogP contribution in [0.15, 0.2) is 0 Å². The fraction of sp³-hybridized carbons (Fsp3) is 0.963. The molecular formula is C27H54O2S. The minimum atomic E-state index is -0.0574. The Morgan fingerprint density at radius 1 is 0.600 bits per heavy atom. The number of rotatable bonds is 24. The molecule has 180 valence electrons. The second-order valence-electron chi connectivity index (χ2n) is 9.23. The van der Waals surface area contributed by atoms with Crippen LogP contribution in [0.3, 0.4) is 0 Å². The molecule has 1 atom stereocenters.